The molecule has 1 aliphatic rings. The van der Waals surface area contributed by atoms with Crippen LogP contribution in [0.1, 0.15) is 18.9 Å². The maximum absolute atomic E-state index is 12.0. The van der Waals surface area contributed by atoms with Crippen LogP contribution in [0, 0.1) is 0 Å². The van der Waals surface area contributed by atoms with Gasteiger partial charge in [0.1, 0.15) is 0 Å². The molecule has 0 aromatic heterocycles. The maximum Gasteiger partial charge on any atom is 0.337 e. The lowest BCUT2D eigenvalue weighted by molar-refractivity contribution is -0.139. The van der Waals surface area contributed by atoms with Gasteiger partial charge in [-0.05, 0) is 19.5 Å². The first-order valence-corrected chi connectivity index (χ1v) is 7.06. The lowest BCUT2D eigenvalue weighted by atomic mass is 10.1. The summed E-state index contributed by atoms with van der Waals surface area (Å²) in [6.07, 6.45) is 0.859. The molecule has 0 saturated carbocycles. The Morgan fingerprint density at radius 1 is 1.35 bits per heavy atom. The van der Waals surface area contributed by atoms with Crippen molar-refractivity contribution < 1.29 is 9.53 Å². The average Bonchev–Trinajstić information content (AvgIpc) is 2.47. The van der Waals surface area contributed by atoms with Crippen molar-refractivity contribution in [3.8, 4) is 0 Å². The van der Waals surface area contributed by atoms with Crippen molar-refractivity contribution in [1.29, 1.82) is 0 Å². The molecule has 1 heterocycles. The van der Waals surface area contributed by atoms with Crippen molar-refractivity contribution in [3.05, 3.63) is 47.2 Å². The zero-order valence-corrected chi connectivity index (χ0v) is 12.2. The molecule has 0 fully saturated rings. The number of carbonyl (C=O) groups excluding carboxylic acids is 1. The van der Waals surface area contributed by atoms with E-state index in [1.54, 1.807) is 0 Å². The van der Waals surface area contributed by atoms with E-state index in [-0.39, 0.29) is 5.97 Å². The van der Waals surface area contributed by atoms with Gasteiger partial charge in [-0.3, -0.25) is 0 Å². The van der Waals surface area contributed by atoms with Gasteiger partial charge in [0, 0.05) is 31.8 Å². The average molecular weight is 274 g/mol. The number of nitrogens with one attached hydrogen (secondary N) is 1. The molecule has 1 aromatic rings. The standard InChI is InChI=1S/C16H22N2O2/c1-3-20-16(19)14-12-18(2)10-9-15(14)17-11-13-7-5-4-6-8-13/h4-8,17H,3,9-12H2,1-2H3. The van der Waals surface area contributed by atoms with Crippen LogP contribution < -0.4 is 5.32 Å². The minimum atomic E-state index is -0.199. The quantitative estimate of drug-likeness (QED) is 0.833. The predicted octanol–water partition coefficient (Wildman–Crippen LogP) is 1.93. The number of esters is 1. The van der Waals surface area contributed by atoms with Crippen LogP contribution in [0.4, 0.5) is 0 Å². The Balaban J connectivity index is 2.08. The van der Waals surface area contributed by atoms with Crippen molar-refractivity contribution in [2.75, 3.05) is 26.7 Å². The highest BCUT2D eigenvalue weighted by atomic mass is 16.5. The fourth-order valence-electron chi connectivity index (χ4n) is 2.30. The number of likely N-dealkylation sites (N-methyl/N-ethyl adjacent to an activating group) is 1. The van der Waals surface area contributed by atoms with Gasteiger partial charge in [-0.1, -0.05) is 30.3 Å². The first kappa shape index (κ1) is 14.6. The Morgan fingerprint density at radius 3 is 2.80 bits per heavy atom. The fraction of sp³-hybridized carbons (Fsp3) is 0.438. The third-order valence-corrected chi connectivity index (χ3v) is 3.41. The van der Waals surface area contributed by atoms with Crippen LogP contribution in [0.2, 0.25) is 0 Å². The van der Waals surface area contributed by atoms with Crippen molar-refractivity contribution in [3.63, 3.8) is 0 Å². The van der Waals surface area contributed by atoms with Gasteiger partial charge in [-0.15, -0.1) is 0 Å². The Morgan fingerprint density at radius 2 is 2.10 bits per heavy atom. The molecule has 4 heteroatoms. The van der Waals surface area contributed by atoms with E-state index in [0.29, 0.717) is 13.2 Å². The van der Waals surface area contributed by atoms with E-state index < -0.39 is 0 Å². The highest BCUT2D eigenvalue weighted by Crippen LogP contribution is 2.16. The number of ether oxygens (including phenoxy) is 1. The van der Waals surface area contributed by atoms with Crippen molar-refractivity contribution in [1.82, 2.24) is 10.2 Å². The molecule has 20 heavy (non-hydrogen) atoms. The SMILES string of the molecule is CCOC(=O)C1=C(NCc2ccccc2)CCN(C)C1. The molecule has 1 N–H and O–H groups in total. The summed E-state index contributed by atoms with van der Waals surface area (Å²) in [5.74, 6) is -0.199. The molecule has 0 spiro atoms. The number of hydrogen-bond donors (Lipinski definition) is 1. The van der Waals surface area contributed by atoms with Gasteiger partial charge in [0.2, 0.25) is 0 Å². The summed E-state index contributed by atoms with van der Waals surface area (Å²) in [7, 11) is 2.02. The molecule has 108 valence electrons. The second-order valence-electron chi connectivity index (χ2n) is 5.00. The molecule has 4 nitrogen and oxygen atoms in total. The van der Waals surface area contributed by atoms with Gasteiger partial charge < -0.3 is 15.0 Å². The topological polar surface area (TPSA) is 41.6 Å². The van der Waals surface area contributed by atoms with Gasteiger partial charge in [0.15, 0.2) is 0 Å². The van der Waals surface area contributed by atoms with E-state index in [1.807, 2.05) is 32.2 Å². The van der Waals surface area contributed by atoms with Crippen LogP contribution >= 0.6 is 0 Å². The number of carbonyl (C=O) groups is 1. The molecule has 0 atom stereocenters. The van der Waals surface area contributed by atoms with E-state index in [2.05, 4.69) is 22.3 Å². The zero-order valence-electron chi connectivity index (χ0n) is 12.2. The summed E-state index contributed by atoms with van der Waals surface area (Å²) in [4.78, 5) is 14.2. The van der Waals surface area contributed by atoms with Crippen LogP contribution in [-0.2, 0) is 16.1 Å². The minimum absolute atomic E-state index is 0.199. The second-order valence-corrected chi connectivity index (χ2v) is 5.00. The van der Waals surface area contributed by atoms with E-state index in [9.17, 15) is 4.79 Å². The summed E-state index contributed by atoms with van der Waals surface area (Å²) in [6.45, 7) is 4.60. The van der Waals surface area contributed by atoms with Crippen LogP contribution in [0.15, 0.2) is 41.6 Å². The fourth-order valence-corrected chi connectivity index (χ4v) is 2.30. The van der Waals surface area contributed by atoms with Crippen LogP contribution in [0.5, 0.6) is 0 Å². The Kier molecular flexibility index (Phi) is 5.18. The Hall–Kier alpha value is -1.81. The maximum atomic E-state index is 12.0. The molecule has 0 amide bonds. The number of nitrogens with zero attached hydrogens (tertiary/aromatic N) is 1. The number of benzene rings is 1. The van der Waals surface area contributed by atoms with E-state index in [1.165, 1.54) is 5.56 Å². The monoisotopic (exact) mass is 274 g/mol. The Labute approximate surface area is 120 Å². The molecule has 1 aliphatic heterocycles. The first-order valence-electron chi connectivity index (χ1n) is 7.06. The molecule has 0 saturated heterocycles. The summed E-state index contributed by atoms with van der Waals surface area (Å²) < 4.78 is 5.15. The lowest BCUT2D eigenvalue weighted by Gasteiger charge is -2.27. The molecular weight excluding hydrogens is 252 g/mol. The van der Waals surface area contributed by atoms with Crippen LogP contribution in [-0.4, -0.2) is 37.6 Å². The van der Waals surface area contributed by atoms with Gasteiger partial charge in [0.25, 0.3) is 0 Å². The molecule has 0 bridgehead atoms. The van der Waals surface area contributed by atoms with Crippen LogP contribution in [0.3, 0.4) is 0 Å². The summed E-state index contributed by atoms with van der Waals surface area (Å²) in [5.41, 5.74) is 2.99. The van der Waals surface area contributed by atoms with Crippen molar-refractivity contribution in [2.24, 2.45) is 0 Å². The highest BCUT2D eigenvalue weighted by molar-refractivity contribution is 5.90. The lowest BCUT2D eigenvalue weighted by Crippen LogP contribution is -2.35. The molecule has 0 aliphatic carbocycles. The number of rotatable bonds is 5. The van der Waals surface area contributed by atoms with E-state index >= 15 is 0 Å². The zero-order chi connectivity index (χ0) is 14.4. The highest BCUT2D eigenvalue weighted by Gasteiger charge is 2.22. The van der Waals surface area contributed by atoms with E-state index in [0.717, 1.165) is 30.8 Å². The van der Waals surface area contributed by atoms with Gasteiger partial charge in [-0.2, -0.15) is 0 Å². The summed E-state index contributed by atoms with van der Waals surface area (Å²) >= 11 is 0. The predicted molar refractivity (Wildman–Crippen MR) is 79.1 cm³/mol. The Bertz CT molecular complexity index is 483. The molecule has 1 aromatic carbocycles. The van der Waals surface area contributed by atoms with Crippen molar-refractivity contribution in [2.45, 2.75) is 19.9 Å². The van der Waals surface area contributed by atoms with Crippen LogP contribution in [0.25, 0.3) is 0 Å². The molecule has 0 unspecified atom stereocenters. The largest absolute Gasteiger partial charge is 0.463 e. The van der Waals surface area contributed by atoms with Gasteiger partial charge in [-0.25, -0.2) is 4.79 Å². The molecule has 0 radical (unpaired) electrons. The van der Waals surface area contributed by atoms with Gasteiger partial charge >= 0.3 is 5.97 Å². The third-order valence-electron chi connectivity index (χ3n) is 3.41. The third kappa shape index (κ3) is 3.84. The van der Waals surface area contributed by atoms with Crippen molar-refractivity contribution >= 4 is 5.97 Å². The molecular formula is C16H22N2O2. The first-order chi connectivity index (χ1) is 9.70. The van der Waals surface area contributed by atoms with E-state index in [4.69, 9.17) is 4.74 Å². The summed E-state index contributed by atoms with van der Waals surface area (Å²) in [6, 6.07) is 10.2. The van der Waals surface area contributed by atoms with Gasteiger partial charge in [0.05, 0.1) is 12.2 Å². The minimum Gasteiger partial charge on any atom is -0.463 e. The smallest absolute Gasteiger partial charge is 0.337 e. The number of hydrogen-bond acceptors (Lipinski definition) is 4. The molecule has 2 rings (SSSR count). The summed E-state index contributed by atoms with van der Waals surface area (Å²) in [5, 5.41) is 3.40. The normalized spacial score (nSPS) is 16.1. The second kappa shape index (κ2) is 7.10.